The molecule has 1 saturated heterocycles. The lowest BCUT2D eigenvalue weighted by molar-refractivity contribution is -0.127. The molecule has 1 aliphatic rings. The first-order valence-corrected chi connectivity index (χ1v) is 9.71. The fraction of sp³-hybridized carbons (Fsp3) is 0.412. The Balaban J connectivity index is 1.86. The molecule has 3 N–H and O–H groups in total. The Morgan fingerprint density at radius 1 is 1.24 bits per heavy atom. The minimum Gasteiger partial charge on any atom is -0.389 e. The molecule has 0 unspecified atom stereocenters. The van der Waals surface area contributed by atoms with Crippen LogP contribution in [-0.2, 0) is 21.2 Å². The van der Waals surface area contributed by atoms with Gasteiger partial charge in [0.25, 0.3) is 5.91 Å². The molecule has 1 aromatic rings. The number of sulfonamides is 1. The maximum atomic E-state index is 12.3. The Bertz CT molecular complexity index is 773. The predicted octanol–water partition coefficient (Wildman–Crippen LogP) is 0.886. The molecule has 1 aromatic carbocycles. The Kier molecular flexibility index (Phi) is 6.56. The quantitative estimate of drug-likeness (QED) is 0.443. The number of nitrogens with two attached hydrogens (primary N) is 1. The van der Waals surface area contributed by atoms with E-state index in [1.807, 2.05) is 6.07 Å². The van der Waals surface area contributed by atoms with Crippen molar-refractivity contribution in [3.63, 3.8) is 0 Å². The van der Waals surface area contributed by atoms with Crippen LogP contribution < -0.4 is 10.5 Å². The summed E-state index contributed by atoms with van der Waals surface area (Å²) < 4.78 is 22.4. The summed E-state index contributed by atoms with van der Waals surface area (Å²) in [6.45, 7) is 1.93. The Labute approximate surface area is 148 Å². The van der Waals surface area contributed by atoms with Gasteiger partial charge in [-0.3, -0.25) is 4.79 Å². The third-order valence-corrected chi connectivity index (χ3v) is 4.98. The van der Waals surface area contributed by atoms with Crippen LogP contribution in [0.5, 0.6) is 0 Å². The monoisotopic (exact) mass is 362 g/mol. The fourth-order valence-electron chi connectivity index (χ4n) is 2.65. The highest BCUT2D eigenvalue weighted by molar-refractivity contribution is 7.89. The van der Waals surface area contributed by atoms with Crippen molar-refractivity contribution in [2.45, 2.75) is 30.6 Å². The second kappa shape index (κ2) is 8.65. The number of amides is 1. The molecule has 2 rings (SSSR count). The molecule has 0 aliphatic carbocycles. The van der Waals surface area contributed by atoms with Gasteiger partial charge in [-0.25, -0.2) is 13.6 Å². The number of nitrogens with one attached hydrogen (secondary N) is 1. The van der Waals surface area contributed by atoms with Crippen LogP contribution >= 0.6 is 0 Å². The first kappa shape index (κ1) is 19.0. The maximum Gasteiger partial charge on any atom is 0.265 e. The van der Waals surface area contributed by atoms with Gasteiger partial charge >= 0.3 is 0 Å². The lowest BCUT2D eigenvalue weighted by Crippen LogP contribution is -2.36. The van der Waals surface area contributed by atoms with E-state index < -0.39 is 10.0 Å². The number of likely N-dealkylation sites (tertiary alicyclic amines) is 1. The van der Waals surface area contributed by atoms with Crippen LogP contribution in [0.4, 0.5) is 0 Å². The zero-order valence-electron chi connectivity index (χ0n) is 13.9. The van der Waals surface area contributed by atoms with Crippen molar-refractivity contribution >= 4 is 15.9 Å². The van der Waals surface area contributed by atoms with Gasteiger partial charge in [0.2, 0.25) is 10.0 Å². The molecule has 0 spiro atoms. The minimum atomic E-state index is -3.68. The van der Waals surface area contributed by atoms with E-state index in [0.29, 0.717) is 26.1 Å². The van der Waals surface area contributed by atoms with Gasteiger partial charge in [-0.2, -0.15) is 5.26 Å². The third-order valence-electron chi connectivity index (χ3n) is 4.05. The van der Waals surface area contributed by atoms with Crippen molar-refractivity contribution in [1.82, 2.24) is 10.2 Å². The van der Waals surface area contributed by atoms with E-state index in [-0.39, 0.29) is 16.4 Å². The number of piperidine rings is 1. The summed E-state index contributed by atoms with van der Waals surface area (Å²) in [5.41, 5.74) is 1.03. The average molecular weight is 362 g/mol. The smallest absolute Gasteiger partial charge is 0.265 e. The van der Waals surface area contributed by atoms with Crippen molar-refractivity contribution in [2.75, 3.05) is 19.6 Å². The van der Waals surface area contributed by atoms with Crippen LogP contribution in [0.3, 0.4) is 0 Å². The number of rotatable bonds is 6. The largest absolute Gasteiger partial charge is 0.389 e. The zero-order valence-corrected chi connectivity index (χ0v) is 14.8. The van der Waals surface area contributed by atoms with Gasteiger partial charge in [0.05, 0.1) is 4.90 Å². The predicted molar refractivity (Wildman–Crippen MR) is 93.6 cm³/mol. The minimum absolute atomic E-state index is 0.0722. The normalized spacial score (nSPS) is 15.5. The first-order valence-electron chi connectivity index (χ1n) is 8.16. The molecular formula is C17H22N4O3S. The van der Waals surface area contributed by atoms with E-state index in [2.05, 4.69) is 5.32 Å². The Hall–Kier alpha value is -2.37. The van der Waals surface area contributed by atoms with E-state index in [0.717, 1.165) is 24.8 Å². The lowest BCUT2D eigenvalue weighted by Gasteiger charge is -2.26. The molecule has 25 heavy (non-hydrogen) atoms. The van der Waals surface area contributed by atoms with Crippen molar-refractivity contribution < 1.29 is 13.2 Å². The standard InChI is InChI=1S/C17H22N4O3S/c18-12-15(17(22)21-10-2-1-3-11-21)13-20-9-8-14-4-6-16(7-5-14)25(19,23)24/h4-7,13,20H,1-3,8-11H2,(H2,19,23,24)/b15-13-. The van der Waals surface area contributed by atoms with Gasteiger partial charge in [0, 0.05) is 25.8 Å². The van der Waals surface area contributed by atoms with Crippen LogP contribution in [0, 0.1) is 11.3 Å². The highest BCUT2D eigenvalue weighted by atomic mass is 32.2. The third kappa shape index (κ3) is 5.59. The summed E-state index contributed by atoms with van der Waals surface area (Å²) in [6.07, 6.45) is 5.16. The SMILES string of the molecule is N#C/C(=C/NCCc1ccc(S(N)(=O)=O)cc1)C(=O)N1CCCCC1. The van der Waals surface area contributed by atoms with Crippen LogP contribution in [0.15, 0.2) is 40.9 Å². The highest BCUT2D eigenvalue weighted by Gasteiger charge is 2.19. The van der Waals surface area contributed by atoms with E-state index in [4.69, 9.17) is 5.14 Å². The zero-order chi connectivity index (χ0) is 18.3. The number of primary sulfonamides is 1. The number of hydrogen-bond acceptors (Lipinski definition) is 5. The van der Waals surface area contributed by atoms with Crippen LogP contribution in [0.2, 0.25) is 0 Å². The molecule has 134 valence electrons. The summed E-state index contributed by atoms with van der Waals surface area (Å²) in [5, 5.41) is 17.2. The second-order valence-electron chi connectivity index (χ2n) is 5.92. The molecule has 0 radical (unpaired) electrons. The summed E-state index contributed by atoms with van der Waals surface area (Å²) in [4.78, 5) is 14.0. The average Bonchev–Trinajstić information content (AvgIpc) is 2.62. The highest BCUT2D eigenvalue weighted by Crippen LogP contribution is 2.12. The Morgan fingerprint density at radius 3 is 2.44 bits per heavy atom. The van der Waals surface area contributed by atoms with Gasteiger partial charge < -0.3 is 10.2 Å². The summed E-state index contributed by atoms with van der Waals surface area (Å²) >= 11 is 0. The molecule has 0 saturated carbocycles. The Morgan fingerprint density at radius 2 is 1.88 bits per heavy atom. The van der Waals surface area contributed by atoms with Crippen molar-refractivity contribution in [3.8, 4) is 6.07 Å². The van der Waals surface area contributed by atoms with Crippen molar-refractivity contribution in [3.05, 3.63) is 41.6 Å². The molecule has 1 amide bonds. The second-order valence-corrected chi connectivity index (χ2v) is 7.48. The summed E-state index contributed by atoms with van der Waals surface area (Å²) in [7, 11) is -3.68. The number of hydrogen-bond donors (Lipinski definition) is 2. The number of carbonyl (C=O) groups excluding carboxylic acids is 1. The van der Waals surface area contributed by atoms with Gasteiger partial charge in [0.1, 0.15) is 11.6 Å². The number of nitriles is 1. The molecule has 1 fully saturated rings. The molecule has 0 aromatic heterocycles. The number of carbonyl (C=O) groups is 1. The summed E-state index contributed by atoms with van der Waals surface area (Å²) in [5.74, 6) is -0.229. The van der Waals surface area contributed by atoms with Crippen LogP contribution in [-0.4, -0.2) is 38.9 Å². The first-order chi connectivity index (χ1) is 11.9. The molecule has 0 atom stereocenters. The number of nitrogens with zero attached hydrogens (tertiary/aromatic N) is 2. The molecular weight excluding hydrogens is 340 g/mol. The van der Waals surface area contributed by atoms with E-state index in [9.17, 15) is 18.5 Å². The fourth-order valence-corrected chi connectivity index (χ4v) is 3.16. The maximum absolute atomic E-state index is 12.3. The molecule has 7 nitrogen and oxygen atoms in total. The van der Waals surface area contributed by atoms with Crippen LogP contribution in [0.1, 0.15) is 24.8 Å². The molecule has 8 heteroatoms. The van der Waals surface area contributed by atoms with Crippen molar-refractivity contribution in [2.24, 2.45) is 5.14 Å². The topological polar surface area (TPSA) is 116 Å². The van der Waals surface area contributed by atoms with Gasteiger partial charge in [-0.05, 0) is 43.4 Å². The van der Waals surface area contributed by atoms with E-state index in [1.165, 1.54) is 18.3 Å². The van der Waals surface area contributed by atoms with Crippen molar-refractivity contribution in [1.29, 1.82) is 5.26 Å². The molecule has 1 heterocycles. The van der Waals surface area contributed by atoms with E-state index >= 15 is 0 Å². The molecule has 1 aliphatic heterocycles. The van der Waals surface area contributed by atoms with Gasteiger partial charge in [-0.1, -0.05) is 12.1 Å². The van der Waals surface area contributed by atoms with Gasteiger partial charge in [0.15, 0.2) is 0 Å². The van der Waals surface area contributed by atoms with Gasteiger partial charge in [-0.15, -0.1) is 0 Å². The van der Waals surface area contributed by atoms with E-state index in [1.54, 1.807) is 17.0 Å². The lowest BCUT2D eigenvalue weighted by atomic mass is 10.1. The molecule has 0 bridgehead atoms. The summed E-state index contributed by atoms with van der Waals surface area (Å²) in [6, 6.07) is 8.25. The number of benzene rings is 1. The van der Waals surface area contributed by atoms with Crippen LogP contribution in [0.25, 0.3) is 0 Å².